The summed E-state index contributed by atoms with van der Waals surface area (Å²) in [4.78, 5) is 14.9. The Labute approximate surface area is 157 Å². The Morgan fingerprint density at radius 1 is 1.17 bits per heavy atom. The maximum atomic E-state index is 12.7. The number of carbonyl (C=O) groups is 1. The predicted molar refractivity (Wildman–Crippen MR) is 108 cm³/mol. The molecule has 0 N–H and O–H groups in total. The number of hydrogen-bond donors (Lipinski definition) is 0. The fraction of sp³-hybridized carbons (Fsp3) is 0.0588. The molecule has 2 aromatic rings. The van der Waals surface area contributed by atoms with Crippen molar-refractivity contribution in [2.75, 3.05) is 12.0 Å². The van der Waals surface area contributed by atoms with E-state index in [2.05, 4.69) is 22.6 Å². The first-order chi connectivity index (χ1) is 11.1. The zero-order valence-electron chi connectivity index (χ0n) is 12.2. The molecular formula is C17H12INO2S2. The van der Waals surface area contributed by atoms with E-state index in [0.717, 1.165) is 20.6 Å². The Morgan fingerprint density at radius 2 is 1.87 bits per heavy atom. The number of methoxy groups -OCH3 is 1. The summed E-state index contributed by atoms with van der Waals surface area (Å²) in [5.74, 6) is 0.651. The van der Waals surface area contributed by atoms with Gasteiger partial charge >= 0.3 is 0 Å². The van der Waals surface area contributed by atoms with Crippen molar-refractivity contribution in [2.24, 2.45) is 0 Å². The lowest BCUT2D eigenvalue weighted by molar-refractivity contribution is -0.113. The lowest BCUT2D eigenvalue weighted by Crippen LogP contribution is -2.27. The standard InChI is InChI=1S/C17H12INO2S2/c1-21-13-8-6-12(7-9-13)19-16(20)15(23-17(19)22)10-11-4-2-3-5-14(11)18/h2-10H,1H3. The largest absolute Gasteiger partial charge is 0.497 e. The predicted octanol–water partition coefficient (Wildman–Crippen LogP) is 4.71. The fourth-order valence-electron chi connectivity index (χ4n) is 2.16. The summed E-state index contributed by atoms with van der Waals surface area (Å²) in [6.07, 6.45) is 1.89. The van der Waals surface area contributed by atoms with Crippen molar-refractivity contribution < 1.29 is 9.53 Å². The van der Waals surface area contributed by atoms with Crippen LogP contribution in [-0.4, -0.2) is 17.3 Å². The Hall–Kier alpha value is -1.38. The van der Waals surface area contributed by atoms with Crippen molar-refractivity contribution in [2.45, 2.75) is 0 Å². The van der Waals surface area contributed by atoms with Gasteiger partial charge in [-0.1, -0.05) is 42.2 Å². The summed E-state index contributed by atoms with van der Waals surface area (Å²) in [6.45, 7) is 0. The van der Waals surface area contributed by atoms with Crippen LogP contribution in [0.2, 0.25) is 0 Å². The van der Waals surface area contributed by atoms with Gasteiger partial charge in [0.15, 0.2) is 4.32 Å². The van der Waals surface area contributed by atoms with E-state index >= 15 is 0 Å². The van der Waals surface area contributed by atoms with Crippen molar-refractivity contribution in [3.63, 3.8) is 0 Å². The number of hydrogen-bond acceptors (Lipinski definition) is 4. The van der Waals surface area contributed by atoms with Crippen LogP contribution < -0.4 is 9.64 Å². The summed E-state index contributed by atoms with van der Waals surface area (Å²) < 4.78 is 6.78. The SMILES string of the molecule is COc1ccc(N2C(=O)C(=Cc3ccccc3I)SC2=S)cc1. The molecule has 0 radical (unpaired) electrons. The first kappa shape index (κ1) is 16.5. The van der Waals surface area contributed by atoms with E-state index in [0.29, 0.717) is 9.23 Å². The summed E-state index contributed by atoms with van der Waals surface area (Å²) in [5.41, 5.74) is 1.77. The number of ether oxygens (including phenoxy) is 1. The van der Waals surface area contributed by atoms with Crippen LogP contribution >= 0.6 is 46.6 Å². The Bertz CT molecular complexity index is 802. The molecule has 23 heavy (non-hydrogen) atoms. The molecule has 0 aliphatic carbocycles. The van der Waals surface area contributed by atoms with E-state index in [4.69, 9.17) is 17.0 Å². The highest BCUT2D eigenvalue weighted by molar-refractivity contribution is 14.1. The van der Waals surface area contributed by atoms with Gasteiger partial charge in [-0.05, 0) is 64.6 Å². The van der Waals surface area contributed by atoms with Crippen molar-refractivity contribution in [3.05, 3.63) is 62.6 Å². The molecule has 0 atom stereocenters. The second-order valence-corrected chi connectivity index (χ2v) is 7.57. The monoisotopic (exact) mass is 453 g/mol. The molecule has 1 heterocycles. The van der Waals surface area contributed by atoms with Gasteiger partial charge < -0.3 is 4.74 Å². The molecule has 3 rings (SSSR count). The molecular weight excluding hydrogens is 441 g/mol. The van der Waals surface area contributed by atoms with Crippen molar-refractivity contribution in [3.8, 4) is 5.75 Å². The number of anilines is 1. The van der Waals surface area contributed by atoms with Gasteiger partial charge in [0.2, 0.25) is 0 Å². The third-order valence-corrected chi connectivity index (χ3v) is 5.60. The molecule has 0 spiro atoms. The minimum atomic E-state index is -0.0928. The zero-order chi connectivity index (χ0) is 16.4. The van der Waals surface area contributed by atoms with Crippen LogP contribution in [0.5, 0.6) is 5.75 Å². The Morgan fingerprint density at radius 3 is 2.52 bits per heavy atom. The van der Waals surface area contributed by atoms with E-state index in [-0.39, 0.29) is 5.91 Å². The second kappa shape index (κ2) is 7.02. The maximum Gasteiger partial charge on any atom is 0.270 e. The van der Waals surface area contributed by atoms with Crippen LogP contribution in [-0.2, 0) is 4.79 Å². The number of benzene rings is 2. The normalized spacial score (nSPS) is 16.3. The van der Waals surface area contributed by atoms with Gasteiger partial charge in [0.25, 0.3) is 5.91 Å². The van der Waals surface area contributed by atoms with Crippen molar-refractivity contribution in [1.82, 2.24) is 0 Å². The number of thiocarbonyl (C=S) groups is 1. The van der Waals surface area contributed by atoms with Gasteiger partial charge in [-0.25, -0.2) is 0 Å². The molecule has 1 saturated heterocycles. The van der Waals surface area contributed by atoms with Crippen LogP contribution in [0.4, 0.5) is 5.69 Å². The van der Waals surface area contributed by atoms with Crippen molar-refractivity contribution in [1.29, 1.82) is 0 Å². The molecule has 3 nitrogen and oxygen atoms in total. The topological polar surface area (TPSA) is 29.5 Å². The highest BCUT2D eigenvalue weighted by atomic mass is 127. The Kier molecular flexibility index (Phi) is 5.03. The van der Waals surface area contributed by atoms with Gasteiger partial charge in [-0.15, -0.1) is 0 Å². The van der Waals surface area contributed by atoms with E-state index in [1.54, 1.807) is 12.0 Å². The number of nitrogens with zero attached hydrogens (tertiary/aromatic N) is 1. The molecule has 116 valence electrons. The molecule has 0 saturated carbocycles. The highest BCUT2D eigenvalue weighted by Gasteiger charge is 2.33. The van der Waals surface area contributed by atoms with Gasteiger partial charge in [0.1, 0.15) is 5.75 Å². The first-order valence-electron chi connectivity index (χ1n) is 6.76. The van der Waals surface area contributed by atoms with Gasteiger partial charge in [0, 0.05) is 3.57 Å². The van der Waals surface area contributed by atoms with Crippen LogP contribution in [0.3, 0.4) is 0 Å². The third-order valence-electron chi connectivity index (χ3n) is 3.32. The summed E-state index contributed by atoms with van der Waals surface area (Å²) in [7, 11) is 1.61. The third kappa shape index (κ3) is 3.44. The van der Waals surface area contributed by atoms with Crippen LogP contribution in [0.1, 0.15) is 5.56 Å². The highest BCUT2D eigenvalue weighted by Crippen LogP contribution is 2.36. The molecule has 0 bridgehead atoms. The lowest BCUT2D eigenvalue weighted by Gasteiger charge is -2.14. The number of thioether (sulfide) groups is 1. The van der Waals surface area contributed by atoms with E-state index in [1.165, 1.54) is 11.8 Å². The molecule has 2 aromatic carbocycles. The van der Waals surface area contributed by atoms with Gasteiger partial charge in [-0.3, -0.25) is 9.69 Å². The van der Waals surface area contributed by atoms with E-state index < -0.39 is 0 Å². The minimum absolute atomic E-state index is 0.0928. The molecule has 1 aliphatic rings. The van der Waals surface area contributed by atoms with Crippen LogP contribution in [0, 0.1) is 3.57 Å². The fourth-order valence-corrected chi connectivity index (χ4v) is 3.99. The quantitative estimate of drug-likeness (QED) is 0.383. The average Bonchev–Trinajstić information content (AvgIpc) is 2.84. The number of rotatable bonds is 3. The molecule has 6 heteroatoms. The average molecular weight is 453 g/mol. The van der Waals surface area contributed by atoms with E-state index in [9.17, 15) is 4.79 Å². The number of carbonyl (C=O) groups excluding carboxylic acids is 1. The summed E-state index contributed by atoms with van der Waals surface area (Å²) in [6, 6.07) is 15.2. The summed E-state index contributed by atoms with van der Waals surface area (Å²) in [5, 5.41) is 0. The number of halogens is 1. The van der Waals surface area contributed by atoms with Crippen LogP contribution in [0.25, 0.3) is 6.08 Å². The molecule has 0 unspecified atom stereocenters. The molecule has 1 aliphatic heterocycles. The lowest BCUT2D eigenvalue weighted by atomic mass is 10.2. The van der Waals surface area contributed by atoms with E-state index in [1.807, 2.05) is 54.6 Å². The molecule has 1 amide bonds. The molecule has 0 aromatic heterocycles. The molecule has 1 fully saturated rings. The van der Waals surface area contributed by atoms with Crippen LogP contribution in [0.15, 0.2) is 53.4 Å². The minimum Gasteiger partial charge on any atom is -0.497 e. The first-order valence-corrected chi connectivity index (χ1v) is 9.07. The number of amides is 1. The Balaban J connectivity index is 1.92. The summed E-state index contributed by atoms with van der Waals surface area (Å²) >= 11 is 8.96. The second-order valence-electron chi connectivity index (χ2n) is 4.74. The van der Waals surface area contributed by atoms with Gasteiger partial charge in [-0.2, -0.15) is 0 Å². The van der Waals surface area contributed by atoms with Crippen molar-refractivity contribution >= 4 is 68.6 Å². The maximum absolute atomic E-state index is 12.7. The zero-order valence-corrected chi connectivity index (χ0v) is 15.9. The smallest absolute Gasteiger partial charge is 0.270 e. The van der Waals surface area contributed by atoms with Gasteiger partial charge in [0.05, 0.1) is 17.7 Å².